The van der Waals surface area contributed by atoms with Crippen molar-refractivity contribution in [3.8, 4) is 0 Å². The van der Waals surface area contributed by atoms with E-state index < -0.39 is 22.9 Å². The molecule has 2 fully saturated rings. The van der Waals surface area contributed by atoms with E-state index in [1.807, 2.05) is 17.0 Å². The van der Waals surface area contributed by atoms with Crippen molar-refractivity contribution in [3.05, 3.63) is 63.3 Å². The molecule has 0 bridgehead atoms. The normalized spacial score (nSPS) is 19.0. The van der Waals surface area contributed by atoms with Gasteiger partial charge < -0.3 is 4.90 Å². The van der Waals surface area contributed by atoms with E-state index in [1.165, 1.54) is 6.08 Å². The van der Waals surface area contributed by atoms with Crippen molar-refractivity contribution in [2.45, 2.75) is 12.7 Å². The maximum absolute atomic E-state index is 13.4. The van der Waals surface area contributed by atoms with E-state index in [9.17, 15) is 22.8 Å². The Hall–Kier alpha value is -2.56. The summed E-state index contributed by atoms with van der Waals surface area (Å²) in [4.78, 5) is 31.6. The number of hydrogen-bond acceptors (Lipinski definition) is 6. The van der Waals surface area contributed by atoms with Gasteiger partial charge in [-0.2, -0.15) is 13.2 Å². The molecule has 11 heteroatoms. The highest BCUT2D eigenvalue weighted by atomic mass is 35.5. The highest BCUT2D eigenvalue weighted by molar-refractivity contribution is 8.18. The average Bonchev–Trinajstić information content (AvgIpc) is 3.05. The zero-order valence-electron chi connectivity index (χ0n) is 16.7. The number of halogens is 4. The van der Waals surface area contributed by atoms with Crippen LogP contribution in [0.3, 0.4) is 0 Å². The fourth-order valence-electron chi connectivity index (χ4n) is 3.67. The van der Waals surface area contributed by atoms with Crippen LogP contribution in [0, 0.1) is 0 Å². The number of anilines is 1. The number of imide groups is 1. The smallest absolute Gasteiger partial charge is 0.367 e. The number of alkyl halides is 3. The Kier molecular flexibility index (Phi) is 6.45. The Morgan fingerprint density at radius 2 is 1.81 bits per heavy atom. The number of rotatable bonds is 4. The zero-order chi connectivity index (χ0) is 22.9. The van der Waals surface area contributed by atoms with Gasteiger partial charge in [-0.25, -0.2) is 0 Å². The van der Waals surface area contributed by atoms with Crippen molar-refractivity contribution >= 4 is 46.3 Å². The molecule has 2 aromatic rings. The fourth-order valence-corrected chi connectivity index (χ4v) is 4.69. The number of carbonyl (C=O) groups is 2. The number of nitrogens with one attached hydrogen (secondary N) is 1. The van der Waals surface area contributed by atoms with Crippen LogP contribution in [0.5, 0.6) is 0 Å². The van der Waals surface area contributed by atoms with Crippen LogP contribution in [0.15, 0.2) is 41.6 Å². The first-order valence-corrected chi connectivity index (χ1v) is 10.9. The minimum atomic E-state index is -4.60. The molecule has 1 aromatic carbocycles. The van der Waals surface area contributed by atoms with E-state index in [0.29, 0.717) is 43.6 Å². The Balaban J connectivity index is 1.61. The molecule has 3 heterocycles. The van der Waals surface area contributed by atoms with Crippen LogP contribution in [0.25, 0.3) is 6.08 Å². The average molecular weight is 483 g/mol. The molecule has 1 N–H and O–H groups in total. The van der Waals surface area contributed by atoms with Crippen LogP contribution < -0.4 is 10.2 Å². The molecule has 168 valence electrons. The molecule has 2 aliphatic heterocycles. The summed E-state index contributed by atoms with van der Waals surface area (Å²) in [6, 6.07) is 5.74. The largest absolute Gasteiger partial charge is 0.416 e. The molecule has 2 aliphatic rings. The van der Waals surface area contributed by atoms with Crippen molar-refractivity contribution in [1.29, 1.82) is 0 Å². The molecule has 6 nitrogen and oxygen atoms in total. The van der Waals surface area contributed by atoms with Gasteiger partial charge in [-0.3, -0.25) is 24.8 Å². The number of piperazine rings is 1. The Morgan fingerprint density at radius 3 is 2.41 bits per heavy atom. The third-order valence-electron chi connectivity index (χ3n) is 5.19. The molecule has 0 unspecified atom stereocenters. The summed E-state index contributed by atoms with van der Waals surface area (Å²) < 4.78 is 40.2. The Morgan fingerprint density at radius 1 is 1.12 bits per heavy atom. The summed E-state index contributed by atoms with van der Waals surface area (Å²) in [5, 5.41) is 1.50. The number of carbonyl (C=O) groups excluding carboxylic acids is 2. The van der Waals surface area contributed by atoms with E-state index in [1.54, 1.807) is 12.4 Å². The van der Waals surface area contributed by atoms with Crippen molar-refractivity contribution in [1.82, 2.24) is 15.2 Å². The third-order valence-corrected chi connectivity index (χ3v) is 6.29. The van der Waals surface area contributed by atoms with Gasteiger partial charge in [0, 0.05) is 50.7 Å². The molecule has 1 aromatic heterocycles. The first kappa shape index (κ1) is 22.6. The van der Waals surface area contributed by atoms with Crippen LogP contribution >= 0.6 is 23.4 Å². The molecule has 0 aliphatic carbocycles. The summed E-state index contributed by atoms with van der Waals surface area (Å²) in [6.07, 6.45) is 0.161. The third kappa shape index (κ3) is 5.08. The summed E-state index contributed by atoms with van der Waals surface area (Å²) >= 11 is 6.97. The van der Waals surface area contributed by atoms with Gasteiger partial charge in [0.2, 0.25) is 0 Å². The van der Waals surface area contributed by atoms with Crippen LogP contribution in [0.4, 0.5) is 23.7 Å². The first-order chi connectivity index (χ1) is 15.2. The first-order valence-electron chi connectivity index (χ1n) is 9.72. The van der Waals surface area contributed by atoms with Crippen LogP contribution in [0.2, 0.25) is 5.02 Å². The summed E-state index contributed by atoms with van der Waals surface area (Å²) in [7, 11) is 0. The Bertz CT molecular complexity index is 1070. The number of aromatic nitrogens is 1. The highest BCUT2D eigenvalue weighted by Crippen LogP contribution is 2.40. The zero-order valence-corrected chi connectivity index (χ0v) is 18.2. The molecule has 2 saturated heterocycles. The van der Waals surface area contributed by atoms with E-state index in [-0.39, 0.29) is 15.5 Å². The molecule has 4 rings (SSSR count). The molecule has 0 atom stereocenters. The lowest BCUT2D eigenvalue weighted by molar-refractivity contribution is -0.137. The number of pyridine rings is 1. The van der Waals surface area contributed by atoms with Gasteiger partial charge in [-0.05, 0) is 47.7 Å². The second kappa shape index (κ2) is 9.13. The van der Waals surface area contributed by atoms with E-state index in [4.69, 9.17) is 11.6 Å². The predicted octanol–water partition coefficient (Wildman–Crippen LogP) is 4.40. The Labute approximate surface area is 191 Å². The van der Waals surface area contributed by atoms with Crippen molar-refractivity contribution < 1.29 is 22.8 Å². The van der Waals surface area contributed by atoms with Crippen LogP contribution in [0.1, 0.15) is 16.7 Å². The second-order valence-electron chi connectivity index (χ2n) is 7.36. The van der Waals surface area contributed by atoms with Gasteiger partial charge >= 0.3 is 6.18 Å². The maximum atomic E-state index is 13.4. The van der Waals surface area contributed by atoms with Gasteiger partial charge in [0.05, 0.1) is 21.2 Å². The number of amides is 2. The van der Waals surface area contributed by atoms with Gasteiger partial charge in [0.25, 0.3) is 11.1 Å². The van der Waals surface area contributed by atoms with E-state index >= 15 is 0 Å². The molecular weight excluding hydrogens is 465 g/mol. The second-order valence-corrected chi connectivity index (χ2v) is 8.79. The van der Waals surface area contributed by atoms with Crippen LogP contribution in [-0.4, -0.2) is 47.2 Å². The summed E-state index contributed by atoms with van der Waals surface area (Å²) in [5.41, 5.74) is 0.785. The number of thioether (sulfide) groups is 1. The predicted molar refractivity (Wildman–Crippen MR) is 117 cm³/mol. The van der Waals surface area contributed by atoms with Crippen molar-refractivity contribution in [2.24, 2.45) is 0 Å². The molecule has 32 heavy (non-hydrogen) atoms. The molecule has 0 spiro atoms. The van der Waals surface area contributed by atoms with Gasteiger partial charge in [0.1, 0.15) is 0 Å². The number of nitrogens with zero attached hydrogens (tertiary/aromatic N) is 3. The minimum absolute atomic E-state index is 0.0305. The summed E-state index contributed by atoms with van der Waals surface area (Å²) in [5.74, 6) is -0.637. The molecule has 0 saturated carbocycles. The minimum Gasteiger partial charge on any atom is -0.367 e. The molecule has 0 radical (unpaired) electrons. The maximum Gasteiger partial charge on any atom is 0.416 e. The lowest BCUT2D eigenvalue weighted by Crippen LogP contribution is -2.46. The lowest BCUT2D eigenvalue weighted by atomic mass is 10.0. The van der Waals surface area contributed by atoms with E-state index in [2.05, 4.69) is 15.2 Å². The monoisotopic (exact) mass is 482 g/mol. The topological polar surface area (TPSA) is 65.5 Å². The SMILES string of the molecule is O=C1NC(=O)/C(=C\c2cc(C(F)(F)F)cc(Cl)c2N2CCN(Cc3ccncc3)CC2)S1. The standard InChI is InChI=1S/C21H18ClF3N4O2S/c22-16-11-15(21(23,24)25)9-14(10-17-19(30)27-20(31)32-17)18(16)29-7-5-28(6-8-29)12-13-1-3-26-4-2-13/h1-4,9-11H,5-8,12H2,(H,27,30,31)/b17-10+. The molecular formula is C21H18ClF3N4O2S. The van der Waals surface area contributed by atoms with Crippen molar-refractivity contribution in [3.63, 3.8) is 0 Å². The number of benzene rings is 1. The number of hydrogen-bond donors (Lipinski definition) is 1. The highest BCUT2D eigenvalue weighted by Gasteiger charge is 2.34. The van der Waals surface area contributed by atoms with Gasteiger partial charge in [-0.15, -0.1) is 0 Å². The van der Waals surface area contributed by atoms with Gasteiger partial charge in [-0.1, -0.05) is 11.6 Å². The van der Waals surface area contributed by atoms with E-state index in [0.717, 1.165) is 24.2 Å². The fraction of sp³-hybridized carbons (Fsp3) is 0.286. The lowest BCUT2D eigenvalue weighted by Gasteiger charge is -2.37. The summed E-state index contributed by atoms with van der Waals surface area (Å²) in [6.45, 7) is 3.20. The van der Waals surface area contributed by atoms with Gasteiger partial charge in [0.15, 0.2) is 0 Å². The quantitative estimate of drug-likeness (QED) is 0.652. The van der Waals surface area contributed by atoms with Crippen LogP contribution in [-0.2, 0) is 17.5 Å². The molecule has 2 amide bonds. The van der Waals surface area contributed by atoms with Crippen molar-refractivity contribution in [2.75, 3.05) is 31.1 Å².